The summed E-state index contributed by atoms with van der Waals surface area (Å²) in [5, 5.41) is 7.98. The Morgan fingerprint density at radius 3 is 2.20 bits per heavy atom. The minimum Gasteiger partial charge on any atom is -0.465 e. The van der Waals surface area contributed by atoms with Gasteiger partial charge in [-0.2, -0.15) is 0 Å². The third-order valence-corrected chi connectivity index (χ3v) is 6.76. The molecule has 0 fully saturated rings. The number of anilines is 1. The summed E-state index contributed by atoms with van der Waals surface area (Å²) in [6.45, 7) is 0. The van der Waals surface area contributed by atoms with Crippen LogP contribution in [-0.2, 0) is 17.6 Å². The van der Waals surface area contributed by atoms with Crippen molar-refractivity contribution in [2.24, 2.45) is 0 Å². The number of carbonyl (C=O) groups is 1. The Labute approximate surface area is 186 Å². The number of hydrogen-bond acceptors (Lipinski definition) is 4. The van der Waals surface area contributed by atoms with Gasteiger partial charge >= 0.3 is 5.97 Å². The molecule has 1 aliphatic carbocycles. The molecule has 6 heteroatoms. The smallest absolute Gasteiger partial charge is 0.341 e. The molecule has 4 rings (SSSR count). The number of carbonyl (C=O) groups excluding carboxylic acids is 1. The SMILES string of the molecule is COC(=O)c1c(NC(=S)NC(c2ccccc2)c2ccccc2)sc2c1CCCC2. The van der Waals surface area contributed by atoms with Gasteiger partial charge in [0.25, 0.3) is 0 Å². The van der Waals surface area contributed by atoms with Gasteiger partial charge in [0.15, 0.2) is 5.11 Å². The van der Waals surface area contributed by atoms with Crippen molar-refractivity contribution in [2.45, 2.75) is 31.7 Å². The van der Waals surface area contributed by atoms with Crippen LogP contribution in [0.5, 0.6) is 0 Å². The van der Waals surface area contributed by atoms with E-state index in [4.69, 9.17) is 17.0 Å². The first-order chi connectivity index (χ1) is 14.7. The lowest BCUT2D eigenvalue weighted by atomic mass is 9.95. The number of hydrogen-bond donors (Lipinski definition) is 2. The zero-order valence-corrected chi connectivity index (χ0v) is 18.4. The Hall–Kier alpha value is -2.70. The molecule has 0 atom stereocenters. The summed E-state index contributed by atoms with van der Waals surface area (Å²) >= 11 is 7.28. The van der Waals surface area contributed by atoms with Crippen LogP contribution in [0.3, 0.4) is 0 Å². The average Bonchev–Trinajstić information content (AvgIpc) is 3.15. The first-order valence-electron chi connectivity index (χ1n) is 10.1. The van der Waals surface area contributed by atoms with E-state index < -0.39 is 0 Å². The first-order valence-corrected chi connectivity index (χ1v) is 11.3. The fraction of sp³-hybridized carbons (Fsp3) is 0.250. The van der Waals surface area contributed by atoms with Gasteiger partial charge in [-0.15, -0.1) is 11.3 Å². The second-order valence-corrected chi connectivity index (χ2v) is 8.77. The Bertz CT molecular complexity index is 993. The van der Waals surface area contributed by atoms with Gasteiger partial charge in [0, 0.05) is 4.88 Å². The zero-order valence-electron chi connectivity index (χ0n) is 16.8. The molecular weight excluding hydrogens is 412 g/mol. The van der Waals surface area contributed by atoms with Crippen LogP contribution in [0.2, 0.25) is 0 Å². The van der Waals surface area contributed by atoms with Crippen LogP contribution in [0.25, 0.3) is 0 Å². The molecular formula is C24H24N2O2S2. The van der Waals surface area contributed by atoms with E-state index in [1.54, 1.807) is 11.3 Å². The quantitative estimate of drug-likeness (QED) is 0.409. The van der Waals surface area contributed by atoms with Crippen LogP contribution < -0.4 is 10.6 Å². The fourth-order valence-electron chi connectivity index (χ4n) is 3.89. The molecule has 154 valence electrons. The van der Waals surface area contributed by atoms with Crippen molar-refractivity contribution in [3.63, 3.8) is 0 Å². The Balaban J connectivity index is 1.60. The number of nitrogens with one attached hydrogen (secondary N) is 2. The number of fused-ring (bicyclic) bond motifs is 1. The van der Waals surface area contributed by atoms with E-state index in [0.29, 0.717) is 10.7 Å². The highest BCUT2D eigenvalue weighted by Gasteiger charge is 2.27. The van der Waals surface area contributed by atoms with Gasteiger partial charge in [-0.3, -0.25) is 0 Å². The summed E-state index contributed by atoms with van der Waals surface area (Å²) in [4.78, 5) is 13.8. The summed E-state index contributed by atoms with van der Waals surface area (Å²) in [7, 11) is 1.43. The molecule has 4 nitrogen and oxygen atoms in total. The molecule has 0 saturated heterocycles. The molecule has 0 unspecified atom stereocenters. The molecule has 0 radical (unpaired) electrons. The predicted octanol–water partition coefficient (Wildman–Crippen LogP) is 5.49. The minimum atomic E-state index is -0.303. The summed E-state index contributed by atoms with van der Waals surface area (Å²) in [5.74, 6) is -0.303. The first kappa shape index (κ1) is 20.6. The second-order valence-electron chi connectivity index (χ2n) is 7.26. The number of rotatable bonds is 5. The van der Waals surface area contributed by atoms with Crippen molar-refractivity contribution in [3.05, 3.63) is 87.8 Å². The lowest BCUT2D eigenvalue weighted by Crippen LogP contribution is -2.33. The van der Waals surface area contributed by atoms with E-state index in [1.165, 1.54) is 12.0 Å². The number of esters is 1. The standard InChI is InChI=1S/C24H24N2O2S2/c1-28-23(27)20-18-14-8-9-15-19(18)30-22(20)26-24(29)25-21(16-10-4-2-5-11-16)17-12-6-3-7-13-17/h2-7,10-13,21H,8-9,14-15H2,1H3,(H2,25,26,29). The predicted molar refractivity (Wildman–Crippen MR) is 126 cm³/mol. The van der Waals surface area contributed by atoms with Crippen LogP contribution >= 0.6 is 23.6 Å². The van der Waals surface area contributed by atoms with Gasteiger partial charge in [0.1, 0.15) is 5.00 Å². The third kappa shape index (κ3) is 4.40. The van der Waals surface area contributed by atoms with Crippen molar-refractivity contribution in [3.8, 4) is 0 Å². The minimum absolute atomic E-state index is 0.0939. The Morgan fingerprint density at radius 1 is 1.00 bits per heavy atom. The highest BCUT2D eigenvalue weighted by molar-refractivity contribution is 7.80. The van der Waals surface area contributed by atoms with Crippen molar-refractivity contribution in [2.75, 3.05) is 12.4 Å². The lowest BCUT2D eigenvalue weighted by molar-refractivity contribution is 0.0601. The molecule has 2 N–H and O–H groups in total. The van der Waals surface area contributed by atoms with Crippen molar-refractivity contribution in [1.29, 1.82) is 0 Å². The Morgan fingerprint density at radius 2 is 1.60 bits per heavy atom. The highest BCUT2D eigenvalue weighted by Crippen LogP contribution is 2.38. The maximum atomic E-state index is 12.5. The summed E-state index contributed by atoms with van der Waals surface area (Å²) < 4.78 is 5.07. The number of aryl methyl sites for hydroxylation is 1. The van der Waals surface area contributed by atoms with Gasteiger partial charge < -0.3 is 15.4 Å². The van der Waals surface area contributed by atoms with Crippen molar-refractivity contribution >= 4 is 39.6 Å². The molecule has 1 aromatic heterocycles. The normalized spacial score (nSPS) is 12.9. The van der Waals surface area contributed by atoms with Gasteiger partial charge in [0.05, 0.1) is 18.7 Å². The molecule has 1 aliphatic rings. The number of ether oxygens (including phenoxy) is 1. The molecule has 1 heterocycles. The van der Waals surface area contributed by atoms with Gasteiger partial charge in [-0.25, -0.2) is 4.79 Å². The van der Waals surface area contributed by atoms with Gasteiger partial charge in [0.2, 0.25) is 0 Å². The number of methoxy groups -OCH3 is 1. The maximum Gasteiger partial charge on any atom is 0.341 e. The molecule has 3 aromatic rings. The summed E-state index contributed by atoms with van der Waals surface area (Å²) in [6, 6.07) is 20.3. The van der Waals surface area contributed by atoms with E-state index in [9.17, 15) is 4.79 Å². The molecule has 0 bridgehead atoms. The zero-order chi connectivity index (χ0) is 20.9. The lowest BCUT2D eigenvalue weighted by Gasteiger charge is -2.22. The molecule has 0 saturated carbocycles. The number of benzene rings is 2. The topological polar surface area (TPSA) is 50.4 Å². The largest absolute Gasteiger partial charge is 0.465 e. The molecule has 2 aromatic carbocycles. The van der Waals surface area contributed by atoms with Crippen LogP contribution in [0.15, 0.2) is 60.7 Å². The Kier molecular flexibility index (Phi) is 6.45. The van der Waals surface area contributed by atoms with Crippen LogP contribution in [0, 0.1) is 0 Å². The average molecular weight is 437 g/mol. The number of thiophene rings is 1. The second kappa shape index (κ2) is 9.41. The number of thiocarbonyl (C=S) groups is 1. The molecule has 0 aliphatic heterocycles. The summed E-state index contributed by atoms with van der Waals surface area (Å²) in [6.07, 6.45) is 4.16. The van der Waals surface area contributed by atoms with Gasteiger partial charge in [-0.05, 0) is 54.6 Å². The van der Waals surface area contributed by atoms with Gasteiger partial charge in [-0.1, -0.05) is 60.7 Å². The molecule has 0 spiro atoms. The van der Waals surface area contributed by atoms with Crippen LogP contribution in [-0.4, -0.2) is 18.2 Å². The van der Waals surface area contributed by atoms with E-state index in [2.05, 4.69) is 34.9 Å². The van der Waals surface area contributed by atoms with E-state index in [1.807, 2.05) is 36.4 Å². The monoisotopic (exact) mass is 436 g/mol. The fourth-order valence-corrected chi connectivity index (χ4v) is 5.46. The third-order valence-electron chi connectivity index (χ3n) is 5.33. The van der Waals surface area contributed by atoms with Crippen molar-refractivity contribution in [1.82, 2.24) is 5.32 Å². The summed E-state index contributed by atoms with van der Waals surface area (Å²) in [5.41, 5.74) is 3.99. The van der Waals surface area contributed by atoms with Crippen LogP contribution in [0.1, 0.15) is 50.8 Å². The maximum absolute atomic E-state index is 12.5. The van der Waals surface area contributed by atoms with E-state index in [0.717, 1.165) is 47.4 Å². The van der Waals surface area contributed by atoms with E-state index in [-0.39, 0.29) is 12.0 Å². The van der Waals surface area contributed by atoms with Crippen LogP contribution in [0.4, 0.5) is 5.00 Å². The molecule has 30 heavy (non-hydrogen) atoms. The molecule has 0 amide bonds. The van der Waals surface area contributed by atoms with Crippen molar-refractivity contribution < 1.29 is 9.53 Å². The highest BCUT2D eigenvalue weighted by atomic mass is 32.1. The van der Waals surface area contributed by atoms with E-state index >= 15 is 0 Å².